The fourth-order valence-electron chi connectivity index (χ4n) is 2.09. The molecule has 2 aromatic rings. The summed E-state index contributed by atoms with van der Waals surface area (Å²) in [5, 5.41) is 18.7. The van der Waals surface area contributed by atoms with Gasteiger partial charge in [-0.15, -0.1) is 0 Å². The Morgan fingerprint density at radius 1 is 1.25 bits per heavy atom. The summed E-state index contributed by atoms with van der Waals surface area (Å²) < 4.78 is 0. The number of carboxylic acids is 1. The van der Waals surface area contributed by atoms with Gasteiger partial charge in [0.1, 0.15) is 5.75 Å². The monoisotopic (exact) mass is 272 g/mol. The minimum Gasteiger partial charge on any atom is -0.508 e. The first-order valence-electron chi connectivity index (χ1n) is 6.10. The van der Waals surface area contributed by atoms with Gasteiger partial charge in [-0.05, 0) is 23.8 Å². The van der Waals surface area contributed by atoms with Crippen molar-refractivity contribution in [2.45, 2.75) is 6.54 Å². The third-order valence-electron chi connectivity index (χ3n) is 3.07. The van der Waals surface area contributed by atoms with E-state index in [0.29, 0.717) is 12.1 Å². The summed E-state index contributed by atoms with van der Waals surface area (Å²) in [7, 11) is 1.82. The van der Waals surface area contributed by atoms with Crippen LogP contribution < -0.4 is 10.6 Å². The van der Waals surface area contributed by atoms with Gasteiger partial charge in [0.05, 0.1) is 5.56 Å². The molecule has 0 radical (unpaired) electrons. The molecular weight excluding hydrogens is 256 g/mol. The van der Waals surface area contributed by atoms with Crippen LogP contribution in [-0.2, 0) is 6.54 Å². The summed E-state index contributed by atoms with van der Waals surface area (Å²) >= 11 is 0. The number of aromatic hydroxyl groups is 1. The van der Waals surface area contributed by atoms with Gasteiger partial charge in [0.2, 0.25) is 0 Å². The van der Waals surface area contributed by atoms with Crippen molar-refractivity contribution in [3.63, 3.8) is 0 Å². The molecule has 0 amide bonds. The van der Waals surface area contributed by atoms with Gasteiger partial charge in [0, 0.05) is 31.0 Å². The average Bonchev–Trinajstić information content (AvgIpc) is 2.38. The number of carboxylic acid groups (broad SMARTS) is 1. The molecule has 0 fully saturated rings. The SMILES string of the molecule is CN(Cc1cccc(N)c1C(=O)O)c1cccc(O)c1. The quantitative estimate of drug-likeness (QED) is 0.743. The molecule has 2 rings (SSSR count). The second-order valence-electron chi connectivity index (χ2n) is 4.56. The number of nitrogens with zero attached hydrogens (tertiary/aromatic N) is 1. The normalized spacial score (nSPS) is 10.2. The smallest absolute Gasteiger partial charge is 0.338 e. The van der Waals surface area contributed by atoms with E-state index in [1.165, 1.54) is 0 Å². The Balaban J connectivity index is 2.30. The molecule has 0 spiro atoms. The molecule has 0 aromatic heterocycles. The number of carbonyl (C=O) groups is 1. The number of nitrogens with two attached hydrogens (primary N) is 1. The number of anilines is 2. The molecule has 0 atom stereocenters. The maximum atomic E-state index is 11.3. The van der Waals surface area contributed by atoms with Crippen LogP contribution in [0.2, 0.25) is 0 Å². The summed E-state index contributed by atoms with van der Waals surface area (Å²) in [4.78, 5) is 13.1. The molecule has 2 aromatic carbocycles. The zero-order valence-corrected chi connectivity index (χ0v) is 11.1. The fraction of sp³-hybridized carbons (Fsp3) is 0.133. The molecule has 5 heteroatoms. The molecule has 104 valence electrons. The van der Waals surface area contributed by atoms with E-state index in [2.05, 4.69) is 0 Å². The highest BCUT2D eigenvalue weighted by molar-refractivity contribution is 5.95. The van der Waals surface area contributed by atoms with Gasteiger partial charge in [0.15, 0.2) is 0 Å². The Hall–Kier alpha value is -2.69. The van der Waals surface area contributed by atoms with Crippen molar-refractivity contribution in [3.8, 4) is 5.75 Å². The van der Waals surface area contributed by atoms with Crippen molar-refractivity contribution >= 4 is 17.3 Å². The average molecular weight is 272 g/mol. The molecule has 0 saturated carbocycles. The van der Waals surface area contributed by atoms with Crippen molar-refractivity contribution in [2.24, 2.45) is 0 Å². The fourth-order valence-corrected chi connectivity index (χ4v) is 2.09. The van der Waals surface area contributed by atoms with E-state index in [1.54, 1.807) is 36.4 Å². The molecule has 0 heterocycles. The van der Waals surface area contributed by atoms with Crippen LogP contribution in [-0.4, -0.2) is 23.2 Å². The number of phenolic OH excluding ortho intramolecular Hbond substituents is 1. The highest BCUT2D eigenvalue weighted by Gasteiger charge is 2.15. The van der Waals surface area contributed by atoms with E-state index in [-0.39, 0.29) is 17.0 Å². The molecule has 0 aliphatic heterocycles. The standard InChI is InChI=1S/C15H16N2O3/c1-17(11-5-3-6-12(18)8-11)9-10-4-2-7-13(16)14(10)15(19)20/h2-8,18H,9,16H2,1H3,(H,19,20). The highest BCUT2D eigenvalue weighted by Crippen LogP contribution is 2.23. The molecule has 4 N–H and O–H groups in total. The first-order chi connectivity index (χ1) is 9.49. The van der Waals surface area contributed by atoms with Crippen molar-refractivity contribution in [1.29, 1.82) is 0 Å². The summed E-state index contributed by atoms with van der Waals surface area (Å²) in [6.07, 6.45) is 0. The Labute approximate surface area is 116 Å². The summed E-state index contributed by atoms with van der Waals surface area (Å²) in [6.45, 7) is 0.385. The number of rotatable bonds is 4. The number of aromatic carboxylic acids is 1. The Morgan fingerprint density at radius 3 is 2.60 bits per heavy atom. The van der Waals surface area contributed by atoms with E-state index in [9.17, 15) is 15.0 Å². The van der Waals surface area contributed by atoms with Crippen molar-refractivity contribution in [3.05, 3.63) is 53.6 Å². The first-order valence-corrected chi connectivity index (χ1v) is 6.10. The van der Waals surface area contributed by atoms with E-state index in [0.717, 1.165) is 5.69 Å². The largest absolute Gasteiger partial charge is 0.508 e. The zero-order valence-electron chi connectivity index (χ0n) is 11.1. The van der Waals surface area contributed by atoms with Gasteiger partial charge in [-0.1, -0.05) is 18.2 Å². The molecule has 0 aliphatic carbocycles. The van der Waals surface area contributed by atoms with Crippen LogP contribution in [0.5, 0.6) is 5.75 Å². The van der Waals surface area contributed by atoms with Crippen LogP contribution in [0.1, 0.15) is 15.9 Å². The van der Waals surface area contributed by atoms with Crippen molar-refractivity contribution in [2.75, 3.05) is 17.7 Å². The third-order valence-corrected chi connectivity index (χ3v) is 3.07. The number of hydrogen-bond acceptors (Lipinski definition) is 4. The van der Waals surface area contributed by atoms with Gasteiger partial charge in [-0.3, -0.25) is 0 Å². The maximum absolute atomic E-state index is 11.3. The Morgan fingerprint density at radius 2 is 1.95 bits per heavy atom. The van der Waals surface area contributed by atoms with Gasteiger partial charge >= 0.3 is 5.97 Å². The lowest BCUT2D eigenvalue weighted by Crippen LogP contribution is -2.19. The number of hydrogen-bond donors (Lipinski definition) is 3. The topological polar surface area (TPSA) is 86.8 Å². The molecule has 20 heavy (non-hydrogen) atoms. The van der Waals surface area contributed by atoms with Crippen molar-refractivity contribution in [1.82, 2.24) is 0 Å². The van der Waals surface area contributed by atoms with E-state index >= 15 is 0 Å². The van der Waals surface area contributed by atoms with Gasteiger partial charge in [-0.25, -0.2) is 4.79 Å². The molecule has 0 unspecified atom stereocenters. The lowest BCUT2D eigenvalue weighted by molar-refractivity contribution is 0.0697. The summed E-state index contributed by atoms with van der Waals surface area (Å²) in [5.74, 6) is -0.872. The second-order valence-corrected chi connectivity index (χ2v) is 4.56. The van der Waals surface area contributed by atoms with Crippen LogP contribution in [0.4, 0.5) is 11.4 Å². The van der Waals surface area contributed by atoms with Crippen LogP contribution in [0.15, 0.2) is 42.5 Å². The minimum atomic E-state index is -1.04. The van der Waals surface area contributed by atoms with Gasteiger partial charge in [-0.2, -0.15) is 0 Å². The number of benzene rings is 2. The number of nitrogen functional groups attached to an aromatic ring is 1. The lowest BCUT2D eigenvalue weighted by Gasteiger charge is -2.21. The molecular formula is C15H16N2O3. The highest BCUT2D eigenvalue weighted by atomic mass is 16.4. The molecule has 0 aliphatic rings. The molecule has 0 saturated heterocycles. The summed E-state index contributed by atoms with van der Waals surface area (Å²) in [6, 6.07) is 11.8. The lowest BCUT2D eigenvalue weighted by atomic mass is 10.0. The van der Waals surface area contributed by atoms with Crippen LogP contribution in [0, 0.1) is 0 Å². The molecule has 5 nitrogen and oxygen atoms in total. The third kappa shape index (κ3) is 2.83. The van der Waals surface area contributed by atoms with Crippen LogP contribution in [0.3, 0.4) is 0 Å². The predicted molar refractivity (Wildman–Crippen MR) is 78.0 cm³/mol. The van der Waals surface area contributed by atoms with Crippen LogP contribution >= 0.6 is 0 Å². The van der Waals surface area contributed by atoms with E-state index < -0.39 is 5.97 Å². The van der Waals surface area contributed by atoms with Gasteiger partial charge < -0.3 is 20.8 Å². The van der Waals surface area contributed by atoms with E-state index in [1.807, 2.05) is 18.0 Å². The number of phenols is 1. The molecule has 0 bridgehead atoms. The zero-order chi connectivity index (χ0) is 14.7. The Kier molecular flexibility index (Phi) is 3.79. The predicted octanol–water partition coefficient (Wildman–Crippen LogP) is 2.31. The second kappa shape index (κ2) is 5.52. The van der Waals surface area contributed by atoms with Crippen LogP contribution in [0.25, 0.3) is 0 Å². The first kappa shape index (κ1) is 13.7. The maximum Gasteiger partial charge on any atom is 0.338 e. The van der Waals surface area contributed by atoms with Gasteiger partial charge in [0.25, 0.3) is 0 Å². The van der Waals surface area contributed by atoms with E-state index in [4.69, 9.17) is 5.73 Å². The minimum absolute atomic E-state index is 0.125. The summed E-state index contributed by atoms with van der Waals surface area (Å²) in [5.41, 5.74) is 7.52. The van der Waals surface area contributed by atoms with Crippen molar-refractivity contribution < 1.29 is 15.0 Å². The Bertz CT molecular complexity index is 641.